The van der Waals surface area contributed by atoms with Crippen LogP contribution in [0.4, 0.5) is 5.82 Å². The number of benzene rings is 1. The molecule has 2 heterocycles. The maximum absolute atomic E-state index is 4.46. The Morgan fingerprint density at radius 3 is 2.43 bits per heavy atom. The molecule has 1 N–H and O–H groups in total. The Morgan fingerprint density at radius 2 is 1.76 bits per heavy atom. The summed E-state index contributed by atoms with van der Waals surface area (Å²) in [7, 11) is 0. The number of nitrogens with one attached hydrogen (secondary N) is 1. The lowest BCUT2D eigenvalue weighted by molar-refractivity contribution is 0.279. The summed E-state index contributed by atoms with van der Waals surface area (Å²) in [5, 5.41) is 3.36. The van der Waals surface area contributed by atoms with Gasteiger partial charge in [0.2, 0.25) is 0 Å². The van der Waals surface area contributed by atoms with Crippen molar-refractivity contribution in [3.05, 3.63) is 59.3 Å². The summed E-state index contributed by atoms with van der Waals surface area (Å²) in [6, 6.07) is 13.1. The molecular weight excluding hydrogens is 258 g/mol. The lowest BCUT2D eigenvalue weighted by atomic mass is 10.0. The fourth-order valence-corrected chi connectivity index (χ4v) is 3.01. The van der Waals surface area contributed by atoms with Crippen molar-refractivity contribution in [2.75, 3.05) is 25.0 Å². The van der Waals surface area contributed by atoms with Crippen LogP contribution >= 0.6 is 0 Å². The van der Waals surface area contributed by atoms with Crippen molar-refractivity contribution in [3.8, 4) is 0 Å². The molecule has 0 atom stereocenters. The minimum absolute atomic E-state index is 0.912. The van der Waals surface area contributed by atoms with E-state index in [0.717, 1.165) is 44.8 Å². The van der Waals surface area contributed by atoms with Crippen LogP contribution in [0.25, 0.3) is 0 Å². The molecule has 1 aliphatic heterocycles. The van der Waals surface area contributed by atoms with E-state index in [-0.39, 0.29) is 0 Å². The number of hydrogen-bond donors (Lipinski definition) is 1. The molecule has 0 spiro atoms. The third-order valence-electron chi connectivity index (χ3n) is 4.14. The van der Waals surface area contributed by atoms with Crippen LogP contribution < -0.4 is 5.32 Å². The third-order valence-corrected chi connectivity index (χ3v) is 4.14. The van der Waals surface area contributed by atoms with E-state index >= 15 is 0 Å². The topological polar surface area (TPSA) is 28.2 Å². The second-order valence-corrected chi connectivity index (χ2v) is 5.59. The van der Waals surface area contributed by atoms with E-state index in [4.69, 9.17) is 0 Å². The standard InChI is InChI=1S/C18H23N3/c1-2-19-18-17(8-5-11-20-18)14-21-12-9-15-6-3-4-7-16(15)10-13-21/h3-8,11H,2,9-10,12-14H2,1H3,(H,19,20). The molecule has 0 amide bonds. The van der Waals surface area contributed by atoms with Gasteiger partial charge in [-0.05, 0) is 37.0 Å². The van der Waals surface area contributed by atoms with Crippen molar-refractivity contribution >= 4 is 5.82 Å². The summed E-state index contributed by atoms with van der Waals surface area (Å²) >= 11 is 0. The first-order chi connectivity index (χ1) is 10.4. The van der Waals surface area contributed by atoms with Crippen LogP contribution in [0.2, 0.25) is 0 Å². The number of rotatable bonds is 4. The smallest absolute Gasteiger partial charge is 0.130 e. The molecule has 0 bridgehead atoms. The molecule has 1 aliphatic rings. The summed E-state index contributed by atoms with van der Waals surface area (Å²) in [4.78, 5) is 7.00. The van der Waals surface area contributed by atoms with Crippen LogP contribution in [-0.2, 0) is 19.4 Å². The molecular formula is C18H23N3. The molecule has 1 aromatic carbocycles. The fraction of sp³-hybridized carbons (Fsp3) is 0.389. The summed E-state index contributed by atoms with van der Waals surface area (Å²) in [6.45, 7) is 6.25. The Bertz CT molecular complexity index is 568. The monoisotopic (exact) mass is 281 g/mol. The van der Waals surface area contributed by atoms with Gasteiger partial charge in [0, 0.05) is 37.9 Å². The first kappa shape index (κ1) is 14.1. The van der Waals surface area contributed by atoms with Gasteiger partial charge in [-0.25, -0.2) is 4.98 Å². The Balaban J connectivity index is 1.70. The van der Waals surface area contributed by atoms with E-state index in [1.807, 2.05) is 12.3 Å². The Labute approximate surface area is 127 Å². The average Bonchev–Trinajstić information content (AvgIpc) is 2.72. The molecule has 0 aliphatic carbocycles. The molecule has 0 unspecified atom stereocenters. The van der Waals surface area contributed by atoms with Crippen molar-refractivity contribution in [1.29, 1.82) is 0 Å². The number of fused-ring (bicyclic) bond motifs is 1. The van der Waals surface area contributed by atoms with Crippen molar-refractivity contribution in [2.45, 2.75) is 26.3 Å². The highest BCUT2D eigenvalue weighted by molar-refractivity contribution is 5.43. The second kappa shape index (κ2) is 6.72. The zero-order valence-electron chi connectivity index (χ0n) is 12.7. The van der Waals surface area contributed by atoms with E-state index in [9.17, 15) is 0 Å². The van der Waals surface area contributed by atoms with Gasteiger partial charge in [0.25, 0.3) is 0 Å². The Morgan fingerprint density at radius 1 is 1.05 bits per heavy atom. The lowest BCUT2D eigenvalue weighted by Gasteiger charge is -2.21. The molecule has 21 heavy (non-hydrogen) atoms. The normalized spacial score (nSPS) is 15.3. The lowest BCUT2D eigenvalue weighted by Crippen LogP contribution is -2.26. The second-order valence-electron chi connectivity index (χ2n) is 5.59. The van der Waals surface area contributed by atoms with E-state index in [1.165, 1.54) is 16.7 Å². The van der Waals surface area contributed by atoms with Crippen LogP contribution in [0.3, 0.4) is 0 Å². The van der Waals surface area contributed by atoms with E-state index in [0.29, 0.717) is 0 Å². The van der Waals surface area contributed by atoms with Gasteiger partial charge in [0.15, 0.2) is 0 Å². The van der Waals surface area contributed by atoms with Gasteiger partial charge in [-0.15, -0.1) is 0 Å². The van der Waals surface area contributed by atoms with Crippen molar-refractivity contribution < 1.29 is 0 Å². The molecule has 3 nitrogen and oxygen atoms in total. The van der Waals surface area contributed by atoms with E-state index < -0.39 is 0 Å². The van der Waals surface area contributed by atoms with Gasteiger partial charge in [-0.3, -0.25) is 4.90 Å². The maximum Gasteiger partial charge on any atom is 0.130 e. The highest BCUT2D eigenvalue weighted by Crippen LogP contribution is 2.19. The molecule has 2 aromatic rings. The average molecular weight is 281 g/mol. The quantitative estimate of drug-likeness (QED) is 0.933. The summed E-state index contributed by atoms with van der Waals surface area (Å²) in [6.07, 6.45) is 4.15. The van der Waals surface area contributed by atoms with Crippen LogP contribution in [0.1, 0.15) is 23.6 Å². The number of nitrogens with zero attached hydrogens (tertiary/aromatic N) is 2. The zero-order valence-corrected chi connectivity index (χ0v) is 12.7. The molecule has 1 aromatic heterocycles. The summed E-state index contributed by atoms with van der Waals surface area (Å²) in [5.74, 6) is 1.03. The first-order valence-corrected chi connectivity index (χ1v) is 7.83. The van der Waals surface area contributed by atoms with E-state index in [1.54, 1.807) is 0 Å². The third kappa shape index (κ3) is 3.42. The minimum Gasteiger partial charge on any atom is -0.370 e. The van der Waals surface area contributed by atoms with Gasteiger partial charge >= 0.3 is 0 Å². The molecule has 3 heteroatoms. The zero-order chi connectivity index (χ0) is 14.5. The molecule has 0 saturated carbocycles. The minimum atomic E-state index is 0.912. The van der Waals surface area contributed by atoms with Gasteiger partial charge in [-0.1, -0.05) is 30.3 Å². The highest BCUT2D eigenvalue weighted by atomic mass is 15.1. The van der Waals surface area contributed by atoms with Gasteiger partial charge in [0.05, 0.1) is 0 Å². The Hall–Kier alpha value is -1.87. The fourth-order valence-electron chi connectivity index (χ4n) is 3.01. The molecule has 3 rings (SSSR count). The number of anilines is 1. The van der Waals surface area contributed by atoms with Crippen LogP contribution in [0.5, 0.6) is 0 Å². The van der Waals surface area contributed by atoms with Gasteiger partial charge in [-0.2, -0.15) is 0 Å². The van der Waals surface area contributed by atoms with Gasteiger partial charge < -0.3 is 5.32 Å². The van der Waals surface area contributed by atoms with Gasteiger partial charge in [0.1, 0.15) is 5.82 Å². The molecule has 0 saturated heterocycles. The maximum atomic E-state index is 4.46. The van der Waals surface area contributed by atoms with Crippen molar-refractivity contribution in [3.63, 3.8) is 0 Å². The largest absolute Gasteiger partial charge is 0.370 e. The number of hydrogen-bond acceptors (Lipinski definition) is 3. The van der Waals surface area contributed by atoms with Crippen molar-refractivity contribution in [1.82, 2.24) is 9.88 Å². The van der Waals surface area contributed by atoms with Crippen LogP contribution in [0, 0.1) is 0 Å². The Kier molecular flexibility index (Phi) is 4.51. The predicted octanol–water partition coefficient (Wildman–Crippen LogP) is 3.11. The summed E-state index contributed by atoms with van der Waals surface area (Å²) in [5.41, 5.74) is 4.32. The summed E-state index contributed by atoms with van der Waals surface area (Å²) < 4.78 is 0. The van der Waals surface area contributed by atoms with E-state index in [2.05, 4.69) is 52.5 Å². The van der Waals surface area contributed by atoms with Crippen molar-refractivity contribution in [2.24, 2.45) is 0 Å². The SMILES string of the molecule is CCNc1ncccc1CN1CCc2ccccc2CC1. The van der Waals surface area contributed by atoms with Crippen LogP contribution in [-0.4, -0.2) is 29.5 Å². The molecule has 0 radical (unpaired) electrons. The number of aromatic nitrogens is 1. The number of pyridine rings is 1. The predicted molar refractivity (Wildman–Crippen MR) is 87.5 cm³/mol. The molecule has 0 fully saturated rings. The highest BCUT2D eigenvalue weighted by Gasteiger charge is 2.15. The first-order valence-electron chi connectivity index (χ1n) is 7.83. The van der Waals surface area contributed by atoms with Crippen LogP contribution in [0.15, 0.2) is 42.6 Å². The molecule has 110 valence electrons.